The summed E-state index contributed by atoms with van der Waals surface area (Å²) >= 11 is 7.70. The summed E-state index contributed by atoms with van der Waals surface area (Å²) in [5.41, 5.74) is 5.05. The van der Waals surface area contributed by atoms with Gasteiger partial charge in [-0.3, -0.25) is 0 Å². The van der Waals surface area contributed by atoms with Crippen molar-refractivity contribution in [3.8, 4) is 5.75 Å². The Kier molecular flexibility index (Phi) is 4.84. The lowest BCUT2D eigenvalue weighted by Crippen LogP contribution is -2.14. The van der Waals surface area contributed by atoms with Gasteiger partial charge in [-0.1, -0.05) is 18.3 Å². The molecule has 21 heavy (non-hydrogen) atoms. The van der Waals surface area contributed by atoms with Crippen LogP contribution in [0.25, 0.3) is 0 Å². The van der Waals surface area contributed by atoms with Gasteiger partial charge >= 0.3 is 0 Å². The highest BCUT2D eigenvalue weighted by atomic mass is 79.9. The topological polar surface area (TPSA) is 35.2 Å². The van der Waals surface area contributed by atoms with E-state index in [1.54, 1.807) is 0 Å². The Labute approximate surface area is 132 Å². The van der Waals surface area contributed by atoms with E-state index in [2.05, 4.69) is 15.9 Å². The van der Waals surface area contributed by atoms with Crippen molar-refractivity contribution in [2.75, 3.05) is 0 Å². The van der Waals surface area contributed by atoms with E-state index >= 15 is 0 Å². The molecule has 0 amide bonds. The Morgan fingerprint density at radius 3 is 2.52 bits per heavy atom. The van der Waals surface area contributed by atoms with Crippen LogP contribution in [0.2, 0.25) is 0 Å². The summed E-state index contributed by atoms with van der Waals surface area (Å²) < 4.78 is 46.4. The molecule has 0 atom stereocenters. The van der Waals surface area contributed by atoms with Crippen LogP contribution in [0.1, 0.15) is 11.1 Å². The molecule has 7 heteroatoms. The van der Waals surface area contributed by atoms with E-state index in [4.69, 9.17) is 22.7 Å². The van der Waals surface area contributed by atoms with E-state index in [0.29, 0.717) is 0 Å². The van der Waals surface area contributed by atoms with Crippen molar-refractivity contribution in [2.45, 2.75) is 6.61 Å². The molecule has 2 rings (SSSR count). The van der Waals surface area contributed by atoms with Crippen LogP contribution in [0.4, 0.5) is 13.2 Å². The largest absolute Gasteiger partial charge is 0.488 e. The van der Waals surface area contributed by atoms with Crippen LogP contribution in [-0.4, -0.2) is 4.99 Å². The lowest BCUT2D eigenvalue weighted by atomic mass is 10.2. The van der Waals surface area contributed by atoms with Crippen LogP contribution in [0.15, 0.2) is 34.8 Å². The zero-order valence-corrected chi connectivity index (χ0v) is 12.9. The summed E-state index contributed by atoms with van der Waals surface area (Å²) in [5, 5.41) is 0. The molecule has 2 aromatic carbocycles. The lowest BCUT2D eigenvalue weighted by molar-refractivity contribution is 0.290. The van der Waals surface area contributed by atoms with Crippen molar-refractivity contribution in [1.82, 2.24) is 0 Å². The average Bonchev–Trinajstić information content (AvgIpc) is 2.42. The average molecular weight is 376 g/mol. The van der Waals surface area contributed by atoms with Gasteiger partial charge in [-0.15, -0.1) is 0 Å². The second kappa shape index (κ2) is 6.44. The van der Waals surface area contributed by atoms with Crippen molar-refractivity contribution in [2.24, 2.45) is 5.73 Å². The van der Waals surface area contributed by atoms with E-state index in [-0.39, 0.29) is 26.3 Å². The van der Waals surface area contributed by atoms with E-state index in [9.17, 15) is 13.2 Å². The molecule has 0 spiro atoms. The van der Waals surface area contributed by atoms with Crippen LogP contribution >= 0.6 is 28.1 Å². The van der Waals surface area contributed by atoms with Crippen molar-refractivity contribution < 1.29 is 17.9 Å². The van der Waals surface area contributed by atoms with E-state index in [1.165, 1.54) is 24.3 Å². The number of hydrogen-bond acceptors (Lipinski definition) is 2. The van der Waals surface area contributed by atoms with Gasteiger partial charge < -0.3 is 10.5 Å². The first kappa shape index (κ1) is 15.8. The smallest absolute Gasteiger partial charge is 0.146 e. The van der Waals surface area contributed by atoms with Crippen LogP contribution < -0.4 is 10.5 Å². The third-order valence-corrected chi connectivity index (χ3v) is 3.55. The Morgan fingerprint density at radius 2 is 1.86 bits per heavy atom. The fourth-order valence-electron chi connectivity index (χ4n) is 1.72. The Bertz CT molecular complexity index is 709. The molecule has 0 saturated heterocycles. The first-order chi connectivity index (χ1) is 9.91. The quantitative estimate of drug-likeness (QED) is 0.645. The summed E-state index contributed by atoms with van der Waals surface area (Å²) in [5.74, 6) is -2.16. The number of rotatable bonds is 4. The first-order valence-corrected chi connectivity index (χ1v) is 6.95. The monoisotopic (exact) mass is 375 g/mol. The lowest BCUT2D eigenvalue weighted by Gasteiger charge is -2.12. The molecule has 2 aromatic rings. The van der Waals surface area contributed by atoms with Gasteiger partial charge in [0, 0.05) is 0 Å². The molecule has 110 valence electrons. The number of benzene rings is 2. The van der Waals surface area contributed by atoms with E-state index < -0.39 is 24.1 Å². The highest BCUT2D eigenvalue weighted by molar-refractivity contribution is 9.10. The van der Waals surface area contributed by atoms with Crippen molar-refractivity contribution in [1.29, 1.82) is 0 Å². The minimum atomic E-state index is -0.775. The molecule has 0 unspecified atom stereocenters. The van der Waals surface area contributed by atoms with Crippen molar-refractivity contribution in [3.05, 3.63) is 63.4 Å². The highest BCUT2D eigenvalue weighted by Gasteiger charge is 2.16. The fourth-order valence-corrected chi connectivity index (χ4v) is 2.28. The first-order valence-electron chi connectivity index (χ1n) is 5.75. The van der Waals surface area contributed by atoms with Crippen LogP contribution in [0, 0.1) is 17.5 Å². The molecule has 0 fully saturated rings. The van der Waals surface area contributed by atoms with Crippen LogP contribution in [0.5, 0.6) is 5.75 Å². The van der Waals surface area contributed by atoms with Crippen LogP contribution in [0.3, 0.4) is 0 Å². The number of thiocarbonyl (C=S) groups is 1. The number of nitrogens with two attached hydrogens (primary N) is 1. The Hall–Kier alpha value is -1.60. The third kappa shape index (κ3) is 3.36. The Morgan fingerprint density at radius 1 is 1.14 bits per heavy atom. The summed E-state index contributed by atoms with van der Waals surface area (Å²) in [7, 11) is 0. The molecule has 0 aliphatic rings. The maximum atomic E-state index is 13.8. The number of hydrogen-bond donors (Lipinski definition) is 1. The maximum Gasteiger partial charge on any atom is 0.146 e. The van der Waals surface area contributed by atoms with Crippen LogP contribution in [-0.2, 0) is 6.61 Å². The van der Waals surface area contributed by atoms with E-state index in [0.717, 1.165) is 6.07 Å². The van der Waals surface area contributed by atoms with E-state index in [1.807, 2.05) is 0 Å². The summed E-state index contributed by atoms with van der Waals surface area (Å²) in [6.45, 7) is -0.420. The number of halogens is 4. The second-order valence-corrected chi connectivity index (χ2v) is 5.38. The van der Waals surface area contributed by atoms with Gasteiger partial charge in [0.05, 0.1) is 15.6 Å². The molecule has 2 nitrogen and oxygen atoms in total. The van der Waals surface area contributed by atoms with Gasteiger partial charge in [-0.25, -0.2) is 13.2 Å². The number of ether oxygens (including phenoxy) is 1. The van der Waals surface area contributed by atoms with Gasteiger partial charge in [-0.05, 0) is 40.2 Å². The molecule has 2 N–H and O–H groups in total. The predicted molar refractivity (Wildman–Crippen MR) is 80.7 cm³/mol. The molecular formula is C14H9BrF3NOS. The molecule has 0 radical (unpaired) electrons. The second-order valence-electron chi connectivity index (χ2n) is 4.09. The molecule has 0 bridgehead atoms. The maximum absolute atomic E-state index is 13.8. The summed E-state index contributed by atoms with van der Waals surface area (Å²) in [6.07, 6.45) is 0. The summed E-state index contributed by atoms with van der Waals surface area (Å²) in [6, 6.07) is 6.33. The highest BCUT2D eigenvalue weighted by Crippen LogP contribution is 2.26. The zero-order valence-electron chi connectivity index (χ0n) is 10.5. The summed E-state index contributed by atoms with van der Waals surface area (Å²) in [4.78, 5) is -0.196. The molecular weight excluding hydrogens is 367 g/mol. The van der Waals surface area contributed by atoms with Gasteiger partial charge in [0.2, 0.25) is 0 Å². The molecule has 0 aliphatic carbocycles. The normalized spacial score (nSPS) is 10.5. The predicted octanol–water partition coefficient (Wildman–Crippen LogP) is 4.08. The third-order valence-electron chi connectivity index (χ3n) is 2.73. The van der Waals surface area contributed by atoms with Gasteiger partial charge in [-0.2, -0.15) is 0 Å². The van der Waals surface area contributed by atoms with Crippen molar-refractivity contribution in [3.63, 3.8) is 0 Å². The van der Waals surface area contributed by atoms with Gasteiger partial charge in [0.15, 0.2) is 0 Å². The molecule has 0 aliphatic heterocycles. The Balaban J connectivity index is 2.32. The SMILES string of the molecule is NC(=S)c1c(F)cccc1OCc1c(F)ccc(Br)c1F. The van der Waals surface area contributed by atoms with Gasteiger partial charge in [0.1, 0.15) is 34.8 Å². The minimum Gasteiger partial charge on any atom is -0.488 e. The molecule has 0 aromatic heterocycles. The molecule has 0 heterocycles. The molecule has 0 saturated carbocycles. The van der Waals surface area contributed by atoms with Crippen molar-refractivity contribution >= 4 is 33.1 Å². The van der Waals surface area contributed by atoms with Gasteiger partial charge in [0.25, 0.3) is 0 Å². The standard InChI is InChI=1S/C14H9BrF3NOS/c15-8-4-5-9(16)7(13(8)18)6-20-11-3-1-2-10(17)12(11)14(19)21/h1-5H,6H2,(H2,19,21). The minimum absolute atomic E-state index is 0.0290. The fraction of sp³-hybridized carbons (Fsp3) is 0.0714. The zero-order chi connectivity index (χ0) is 15.6.